The summed E-state index contributed by atoms with van der Waals surface area (Å²) in [6, 6.07) is 21.2. The van der Waals surface area contributed by atoms with Crippen molar-refractivity contribution in [3.05, 3.63) is 60.7 Å². The third-order valence-corrected chi connectivity index (χ3v) is 11.9. The van der Waals surface area contributed by atoms with Gasteiger partial charge in [-0.25, -0.2) is 0 Å². The molecule has 4 rings (SSSR count). The average molecular weight is 410 g/mol. The maximum Gasteiger partial charge on any atom is 0.324 e. The molecule has 2 aliphatic heterocycles. The van der Waals surface area contributed by atoms with Gasteiger partial charge >= 0.3 is 5.97 Å². The van der Waals surface area contributed by atoms with Crippen LogP contribution in [0.4, 0.5) is 0 Å². The van der Waals surface area contributed by atoms with Crippen LogP contribution in [0.5, 0.6) is 0 Å². The molecule has 2 atom stereocenters. The Morgan fingerprint density at radius 2 is 1.62 bits per heavy atom. The van der Waals surface area contributed by atoms with Gasteiger partial charge in [-0.15, -0.1) is 0 Å². The summed E-state index contributed by atoms with van der Waals surface area (Å²) in [6.07, 6.45) is 2.19. The van der Waals surface area contributed by atoms with Crippen LogP contribution >= 0.6 is 0 Å². The summed E-state index contributed by atoms with van der Waals surface area (Å²) in [4.78, 5) is 14.3. The number of aliphatic carboxylic acids is 1. The highest BCUT2D eigenvalue weighted by Crippen LogP contribution is 2.44. The van der Waals surface area contributed by atoms with Gasteiger partial charge in [-0.1, -0.05) is 81.4 Å². The molecule has 2 saturated heterocycles. The van der Waals surface area contributed by atoms with Gasteiger partial charge in [0.2, 0.25) is 0 Å². The zero-order valence-electron chi connectivity index (χ0n) is 17.6. The predicted molar refractivity (Wildman–Crippen MR) is 118 cm³/mol. The summed E-state index contributed by atoms with van der Waals surface area (Å²) in [5.41, 5.74) is -0.740. The van der Waals surface area contributed by atoms with E-state index in [2.05, 4.69) is 74.2 Å². The van der Waals surface area contributed by atoms with Gasteiger partial charge in [-0.3, -0.25) is 9.69 Å². The molecule has 0 radical (unpaired) electrons. The van der Waals surface area contributed by atoms with Crippen molar-refractivity contribution in [1.82, 2.24) is 4.90 Å². The summed E-state index contributed by atoms with van der Waals surface area (Å²) in [6.45, 7) is 8.36. The van der Waals surface area contributed by atoms with Gasteiger partial charge in [0.05, 0.1) is 6.10 Å². The van der Waals surface area contributed by atoms with Crippen LogP contribution in [0.15, 0.2) is 60.7 Å². The Kier molecular flexibility index (Phi) is 5.17. The fraction of sp³-hybridized carbons (Fsp3) is 0.458. The van der Waals surface area contributed by atoms with Crippen LogP contribution < -0.4 is 10.4 Å². The van der Waals surface area contributed by atoms with E-state index in [1.54, 1.807) is 0 Å². The second-order valence-electron chi connectivity index (χ2n) is 9.49. The van der Waals surface area contributed by atoms with Crippen molar-refractivity contribution in [3.63, 3.8) is 0 Å². The highest BCUT2D eigenvalue weighted by atomic mass is 28.4. The standard InChI is InChI=1S/C24H31NO3Si/c1-23(2,3)29(20-11-6-4-7-12-20,21-13-8-5-9-14-21)28-19-17-24(22(26)27)15-10-16-25(24)18-19/h4-9,11-14,19H,10,15-18H2,1-3H3,(H,26,27)/t19-,24+/m1/s1. The molecule has 2 fully saturated rings. The van der Waals surface area contributed by atoms with Gasteiger partial charge in [0, 0.05) is 13.0 Å². The first-order chi connectivity index (χ1) is 13.8. The summed E-state index contributed by atoms with van der Waals surface area (Å²) >= 11 is 0. The van der Waals surface area contributed by atoms with E-state index in [4.69, 9.17) is 4.43 Å². The molecule has 29 heavy (non-hydrogen) atoms. The van der Waals surface area contributed by atoms with Gasteiger partial charge in [-0.2, -0.15) is 0 Å². The van der Waals surface area contributed by atoms with Crippen molar-refractivity contribution in [1.29, 1.82) is 0 Å². The third kappa shape index (κ3) is 3.25. The first-order valence-electron chi connectivity index (χ1n) is 10.6. The van der Waals surface area contributed by atoms with Gasteiger partial charge < -0.3 is 9.53 Å². The van der Waals surface area contributed by atoms with E-state index in [1.807, 2.05) is 12.1 Å². The molecule has 4 nitrogen and oxygen atoms in total. The fourth-order valence-electron chi connectivity index (χ4n) is 5.47. The molecule has 2 aliphatic rings. The summed E-state index contributed by atoms with van der Waals surface area (Å²) < 4.78 is 7.18. The SMILES string of the molecule is CC(C)(C)[Si](O[C@H]1CN2CCC[C@@]2(C(=O)O)C1)(c1ccccc1)c1ccccc1. The van der Waals surface area contributed by atoms with Crippen molar-refractivity contribution in [2.24, 2.45) is 0 Å². The first kappa shape index (κ1) is 20.3. The first-order valence-corrected chi connectivity index (χ1v) is 12.5. The van der Waals surface area contributed by atoms with Gasteiger partial charge in [-0.05, 0) is 34.8 Å². The maximum absolute atomic E-state index is 12.2. The lowest BCUT2D eigenvalue weighted by molar-refractivity contribution is -0.148. The smallest absolute Gasteiger partial charge is 0.324 e. The molecule has 0 spiro atoms. The highest BCUT2D eigenvalue weighted by molar-refractivity contribution is 6.99. The summed E-state index contributed by atoms with van der Waals surface area (Å²) in [5, 5.41) is 12.4. The van der Waals surface area contributed by atoms with Gasteiger partial charge in [0.15, 0.2) is 0 Å². The molecular formula is C24H31NO3Si. The lowest BCUT2D eigenvalue weighted by Crippen LogP contribution is -2.67. The minimum absolute atomic E-state index is 0.0716. The Balaban J connectivity index is 1.79. The van der Waals surface area contributed by atoms with Crippen LogP contribution in [0.1, 0.15) is 40.0 Å². The van der Waals surface area contributed by atoms with Crippen LogP contribution in [0, 0.1) is 0 Å². The quantitative estimate of drug-likeness (QED) is 0.770. The molecule has 2 aromatic carbocycles. The predicted octanol–water partition coefficient (Wildman–Crippen LogP) is 3.25. The van der Waals surface area contributed by atoms with Crippen molar-refractivity contribution in [2.75, 3.05) is 13.1 Å². The molecular weight excluding hydrogens is 378 g/mol. The fourth-order valence-corrected chi connectivity index (χ4v) is 10.1. The lowest BCUT2D eigenvalue weighted by atomic mass is 9.94. The number of carboxylic acids is 1. The molecule has 1 N–H and O–H groups in total. The van der Waals surface area contributed by atoms with Crippen LogP contribution in [0.3, 0.4) is 0 Å². The minimum atomic E-state index is -2.65. The number of rotatable bonds is 5. The second-order valence-corrected chi connectivity index (χ2v) is 13.7. The van der Waals surface area contributed by atoms with Crippen LogP contribution in [-0.4, -0.2) is 49.0 Å². The summed E-state index contributed by atoms with van der Waals surface area (Å²) in [7, 11) is -2.65. The third-order valence-electron chi connectivity index (χ3n) is 6.77. The number of fused-ring (bicyclic) bond motifs is 1. The second kappa shape index (κ2) is 7.38. The van der Waals surface area contributed by atoms with E-state index < -0.39 is 19.8 Å². The Morgan fingerprint density at radius 3 is 2.07 bits per heavy atom. The topological polar surface area (TPSA) is 49.8 Å². The van der Waals surface area contributed by atoms with Gasteiger partial charge in [0.25, 0.3) is 8.32 Å². The molecule has 0 unspecified atom stereocenters. The van der Waals surface area contributed by atoms with E-state index in [-0.39, 0.29) is 11.1 Å². The van der Waals surface area contributed by atoms with E-state index in [1.165, 1.54) is 10.4 Å². The number of nitrogens with zero attached hydrogens (tertiary/aromatic N) is 1. The molecule has 0 amide bonds. The molecule has 0 saturated carbocycles. The molecule has 2 heterocycles. The van der Waals surface area contributed by atoms with E-state index in [0.717, 1.165) is 19.4 Å². The highest BCUT2D eigenvalue weighted by Gasteiger charge is 2.58. The Morgan fingerprint density at radius 1 is 1.07 bits per heavy atom. The van der Waals surface area contributed by atoms with E-state index in [0.29, 0.717) is 13.0 Å². The number of carbonyl (C=O) groups is 1. The molecule has 0 aromatic heterocycles. The van der Waals surface area contributed by atoms with E-state index >= 15 is 0 Å². The van der Waals surface area contributed by atoms with Crippen molar-refractivity contribution < 1.29 is 14.3 Å². The Bertz CT molecular complexity index is 825. The van der Waals surface area contributed by atoms with Crippen LogP contribution in [0.25, 0.3) is 0 Å². The van der Waals surface area contributed by atoms with Crippen LogP contribution in [-0.2, 0) is 9.22 Å². The largest absolute Gasteiger partial charge is 0.480 e. The van der Waals surface area contributed by atoms with Gasteiger partial charge in [0.1, 0.15) is 5.54 Å². The monoisotopic (exact) mass is 409 g/mol. The van der Waals surface area contributed by atoms with Crippen LogP contribution in [0.2, 0.25) is 5.04 Å². The lowest BCUT2D eigenvalue weighted by Gasteiger charge is -2.44. The molecule has 5 heteroatoms. The Labute approximate surface area is 174 Å². The normalized spacial score (nSPS) is 25.1. The maximum atomic E-state index is 12.2. The number of hydrogen-bond acceptors (Lipinski definition) is 3. The zero-order valence-corrected chi connectivity index (χ0v) is 18.6. The van der Waals surface area contributed by atoms with Crippen molar-refractivity contribution in [3.8, 4) is 0 Å². The molecule has 154 valence electrons. The number of benzene rings is 2. The molecule has 2 aromatic rings. The molecule has 0 aliphatic carbocycles. The number of carboxylic acid groups (broad SMARTS) is 1. The van der Waals surface area contributed by atoms with Crippen molar-refractivity contribution in [2.45, 2.75) is 56.7 Å². The molecule has 0 bridgehead atoms. The summed E-state index contributed by atoms with van der Waals surface area (Å²) in [5.74, 6) is -0.691. The Hall–Kier alpha value is -1.95. The van der Waals surface area contributed by atoms with E-state index in [9.17, 15) is 9.90 Å². The zero-order chi connectivity index (χ0) is 20.7. The number of hydrogen-bond donors (Lipinski definition) is 1. The van der Waals surface area contributed by atoms with Crippen molar-refractivity contribution >= 4 is 24.7 Å². The minimum Gasteiger partial charge on any atom is -0.480 e. The average Bonchev–Trinajstić information content (AvgIpc) is 3.24.